The highest BCUT2D eigenvalue weighted by Gasteiger charge is 1.91. The molecule has 0 fully saturated rings. The lowest BCUT2D eigenvalue weighted by molar-refractivity contribution is 0.471. The maximum absolute atomic E-state index is 9.02. The highest BCUT2D eigenvalue weighted by atomic mass is 28.1. The summed E-state index contributed by atoms with van der Waals surface area (Å²) in [5.74, 6) is 0.344. The summed E-state index contributed by atoms with van der Waals surface area (Å²) < 4.78 is 0. The van der Waals surface area contributed by atoms with Gasteiger partial charge in [-0.25, -0.2) is 0 Å². The minimum absolute atomic E-state index is 0.344. The minimum atomic E-state index is 0.344. The van der Waals surface area contributed by atoms with Crippen molar-refractivity contribution in [2.45, 2.75) is 6.92 Å². The van der Waals surface area contributed by atoms with E-state index in [0.29, 0.717) is 5.75 Å². The van der Waals surface area contributed by atoms with Crippen LogP contribution in [0.2, 0.25) is 0 Å². The van der Waals surface area contributed by atoms with Gasteiger partial charge >= 0.3 is 0 Å². The van der Waals surface area contributed by atoms with Gasteiger partial charge in [0.1, 0.15) is 5.75 Å². The molecule has 0 atom stereocenters. The van der Waals surface area contributed by atoms with E-state index in [4.69, 9.17) is 5.11 Å². The van der Waals surface area contributed by atoms with E-state index in [1.165, 1.54) is 0 Å². The summed E-state index contributed by atoms with van der Waals surface area (Å²) in [6, 6.07) is 5.34. The smallest absolute Gasteiger partial charge is 0.118 e. The van der Waals surface area contributed by atoms with Crippen LogP contribution in [0.3, 0.4) is 0 Å². The molecule has 0 amide bonds. The normalized spacial score (nSPS) is 9.56. The second-order valence-electron chi connectivity index (χ2n) is 2.00. The predicted octanol–water partition coefficient (Wildman–Crippen LogP) is 0.494. The summed E-state index contributed by atoms with van der Waals surface area (Å²) in [6.45, 7) is 1.86. The van der Waals surface area contributed by atoms with Crippen LogP contribution in [0.4, 0.5) is 0 Å². The Morgan fingerprint density at radius 3 is 2.56 bits per heavy atom. The molecule has 1 nitrogen and oxygen atoms in total. The largest absolute Gasteiger partial charge is 0.508 e. The Hall–Kier alpha value is -0.763. The van der Waals surface area contributed by atoms with E-state index in [2.05, 4.69) is 10.2 Å². The van der Waals surface area contributed by atoms with Crippen LogP contribution in [0.5, 0.6) is 5.75 Å². The minimum Gasteiger partial charge on any atom is -0.508 e. The Bertz CT molecular complexity index is 220. The molecular formula is C7H7OSi. The molecule has 0 saturated heterocycles. The molecule has 0 aromatic heterocycles. The van der Waals surface area contributed by atoms with Crippen LogP contribution < -0.4 is 5.19 Å². The lowest BCUT2D eigenvalue weighted by Gasteiger charge is -1.97. The number of hydrogen-bond acceptors (Lipinski definition) is 1. The highest BCUT2D eigenvalue weighted by molar-refractivity contribution is 6.32. The monoisotopic (exact) mass is 135 g/mol. The average molecular weight is 135 g/mol. The number of aromatic hydroxyl groups is 1. The quantitative estimate of drug-likeness (QED) is 0.513. The first kappa shape index (κ1) is 6.36. The Balaban J connectivity index is 3.17. The fourth-order valence-electron chi connectivity index (χ4n) is 0.655. The number of aryl methyl sites for hydroxylation is 1. The van der Waals surface area contributed by atoms with Crippen LogP contribution in [0.1, 0.15) is 5.56 Å². The molecule has 0 unspecified atom stereocenters. The molecule has 0 aliphatic heterocycles. The first-order valence-electron chi connectivity index (χ1n) is 2.71. The van der Waals surface area contributed by atoms with Gasteiger partial charge in [0.05, 0.1) is 10.2 Å². The Morgan fingerprint density at radius 2 is 2.11 bits per heavy atom. The second kappa shape index (κ2) is 2.23. The molecule has 1 N–H and O–H groups in total. The molecule has 2 heteroatoms. The first-order chi connectivity index (χ1) is 4.20. The molecule has 0 aliphatic rings. The molecule has 0 saturated carbocycles. The van der Waals surface area contributed by atoms with Crippen molar-refractivity contribution in [3.63, 3.8) is 0 Å². The third kappa shape index (κ3) is 1.33. The molecule has 0 spiro atoms. The number of benzene rings is 1. The Labute approximate surface area is 57.8 Å². The highest BCUT2D eigenvalue weighted by Crippen LogP contribution is 2.11. The third-order valence-corrected chi connectivity index (χ3v) is 1.51. The fraction of sp³-hybridized carbons (Fsp3) is 0.143. The second-order valence-corrected chi connectivity index (χ2v) is 2.58. The molecule has 0 aliphatic carbocycles. The van der Waals surface area contributed by atoms with E-state index < -0.39 is 0 Å². The van der Waals surface area contributed by atoms with E-state index in [1.807, 2.05) is 13.0 Å². The molecule has 45 valence electrons. The van der Waals surface area contributed by atoms with Crippen LogP contribution >= 0.6 is 0 Å². The van der Waals surface area contributed by atoms with E-state index in [-0.39, 0.29) is 0 Å². The number of phenolic OH excluding ortho intramolecular Hbond substituents is 1. The van der Waals surface area contributed by atoms with Crippen molar-refractivity contribution in [1.29, 1.82) is 0 Å². The summed E-state index contributed by atoms with van der Waals surface area (Å²) in [7, 11) is 3.33. The average Bonchev–Trinajstić information content (AvgIpc) is 1.80. The summed E-state index contributed by atoms with van der Waals surface area (Å²) in [5.41, 5.74) is 0.891. The predicted molar refractivity (Wildman–Crippen MR) is 38.2 cm³/mol. The summed E-state index contributed by atoms with van der Waals surface area (Å²) in [5, 5.41) is 10.0. The Morgan fingerprint density at radius 1 is 1.44 bits per heavy atom. The van der Waals surface area contributed by atoms with Crippen molar-refractivity contribution in [1.82, 2.24) is 0 Å². The van der Waals surface area contributed by atoms with E-state index in [1.54, 1.807) is 12.1 Å². The molecular weight excluding hydrogens is 128 g/mol. The summed E-state index contributed by atoms with van der Waals surface area (Å²) in [6.07, 6.45) is 0. The Kier molecular flexibility index (Phi) is 1.58. The fourth-order valence-corrected chi connectivity index (χ4v) is 0.955. The zero-order chi connectivity index (χ0) is 6.85. The van der Waals surface area contributed by atoms with Gasteiger partial charge in [-0.2, -0.15) is 0 Å². The van der Waals surface area contributed by atoms with Gasteiger partial charge in [-0.15, -0.1) is 0 Å². The van der Waals surface area contributed by atoms with Gasteiger partial charge in [0.2, 0.25) is 0 Å². The van der Waals surface area contributed by atoms with Gasteiger partial charge in [0, 0.05) is 0 Å². The van der Waals surface area contributed by atoms with E-state index in [0.717, 1.165) is 10.8 Å². The van der Waals surface area contributed by atoms with Gasteiger partial charge in [-0.3, -0.25) is 0 Å². The van der Waals surface area contributed by atoms with Gasteiger partial charge in [0.25, 0.3) is 0 Å². The van der Waals surface area contributed by atoms with Crippen LogP contribution in [0.25, 0.3) is 0 Å². The molecule has 1 aromatic carbocycles. The zero-order valence-corrected chi connectivity index (χ0v) is 6.18. The van der Waals surface area contributed by atoms with Crippen LogP contribution in [-0.2, 0) is 0 Å². The van der Waals surface area contributed by atoms with Crippen molar-refractivity contribution < 1.29 is 5.11 Å². The van der Waals surface area contributed by atoms with Crippen molar-refractivity contribution in [3.8, 4) is 5.75 Å². The van der Waals surface area contributed by atoms with Crippen LogP contribution in [0, 0.1) is 6.92 Å². The van der Waals surface area contributed by atoms with E-state index >= 15 is 0 Å². The summed E-state index contributed by atoms with van der Waals surface area (Å²) in [4.78, 5) is 0. The SMILES string of the molecule is Cc1cc([Si])ccc1O. The van der Waals surface area contributed by atoms with Crippen molar-refractivity contribution in [2.75, 3.05) is 0 Å². The topological polar surface area (TPSA) is 20.2 Å². The molecule has 1 rings (SSSR count). The van der Waals surface area contributed by atoms with Crippen molar-refractivity contribution in [2.24, 2.45) is 0 Å². The summed E-state index contributed by atoms with van der Waals surface area (Å²) >= 11 is 0. The van der Waals surface area contributed by atoms with Crippen molar-refractivity contribution in [3.05, 3.63) is 23.8 Å². The van der Waals surface area contributed by atoms with Gasteiger partial charge in [-0.1, -0.05) is 17.3 Å². The van der Waals surface area contributed by atoms with Crippen molar-refractivity contribution >= 4 is 15.4 Å². The standard InChI is InChI=1S/C7H7OSi/c1-5-4-6(9)2-3-7(5)8/h2-4,8H,1H3. The van der Waals surface area contributed by atoms with Crippen LogP contribution in [-0.4, -0.2) is 15.3 Å². The number of phenols is 1. The lowest BCUT2D eigenvalue weighted by atomic mass is 10.2. The lowest BCUT2D eigenvalue weighted by Crippen LogP contribution is -2.00. The molecule has 9 heavy (non-hydrogen) atoms. The number of rotatable bonds is 0. The molecule has 1 aromatic rings. The third-order valence-electron chi connectivity index (χ3n) is 1.20. The van der Waals surface area contributed by atoms with Crippen LogP contribution in [0.15, 0.2) is 18.2 Å². The van der Waals surface area contributed by atoms with Gasteiger partial charge < -0.3 is 5.11 Å². The first-order valence-corrected chi connectivity index (χ1v) is 3.21. The number of hydrogen-bond donors (Lipinski definition) is 1. The molecule has 0 heterocycles. The maximum atomic E-state index is 9.02. The molecule has 0 bridgehead atoms. The van der Waals surface area contributed by atoms with Gasteiger partial charge in [0.15, 0.2) is 0 Å². The van der Waals surface area contributed by atoms with E-state index in [9.17, 15) is 0 Å². The molecule has 3 radical (unpaired) electrons. The van der Waals surface area contributed by atoms with Gasteiger partial charge in [-0.05, 0) is 18.6 Å². The zero-order valence-electron chi connectivity index (χ0n) is 5.18. The maximum Gasteiger partial charge on any atom is 0.118 e.